The van der Waals surface area contributed by atoms with Gasteiger partial charge >= 0.3 is 0 Å². The lowest BCUT2D eigenvalue weighted by atomic mass is 9.72. The summed E-state index contributed by atoms with van der Waals surface area (Å²) in [5.74, 6) is 0.372. The zero-order chi connectivity index (χ0) is 14.8. The van der Waals surface area contributed by atoms with Crippen molar-refractivity contribution in [2.24, 2.45) is 5.41 Å². The third-order valence-corrected chi connectivity index (χ3v) is 5.64. The molecule has 0 aromatic carbocycles. The molecule has 0 bridgehead atoms. The third-order valence-electron chi connectivity index (χ3n) is 4.61. The molecule has 1 fully saturated rings. The highest BCUT2D eigenvalue weighted by atomic mass is 79.9. The number of carbonyl (C=O) groups is 1. The lowest BCUT2D eigenvalue weighted by molar-refractivity contribution is -0.130. The van der Waals surface area contributed by atoms with Crippen LogP contribution in [0.5, 0.6) is 0 Å². The number of halogens is 1. The van der Waals surface area contributed by atoms with Crippen LogP contribution in [0, 0.1) is 12.3 Å². The largest absolute Gasteiger partial charge is 0.317 e. The first-order chi connectivity index (χ1) is 9.54. The van der Waals surface area contributed by atoms with Gasteiger partial charge in [-0.2, -0.15) is 5.10 Å². The van der Waals surface area contributed by atoms with Gasteiger partial charge in [0, 0.05) is 12.0 Å². The normalized spacial score (nSPS) is 18.2. The van der Waals surface area contributed by atoms with E-state index in [1.807, 2.05) is 11.6 Å². The molecule has 0 saturated carbocycles. The molecule has 0 spiro atoms. The fourth-order valence-electron chi connectivity index (χ4n) is 3.11. The Morgan fingerprint density at radius 2 is 2.05 bits per heavy atom. The summed E-state index contributed by atoms with van der Waals surface area (Å²) < 4.78 is 2.94. The Morgan fingerprint density at radius 1 is 1.40 bits per heavy atom. The van der Waals surface area contributed by atoms with E-state index in [-0.39, 0.29) is 5.41 Å². The lowest BCUT2D eigenvalue weighted by Crippen LogP contribution is -2.42. The standard InChI is InChI=1S/C15H24BrN3O/c1-4-15(6-8-17-9-7-15)13(20)10-12-14(16)11(3)18-19(12)5-2/h17H,4-10H2,1-3H3. The Kier molecular flexibility index (Phi) is 5.02. The van der Waals surface area contributed by atoms with Crippen LogP contribution in [0.3, 0.4) is 0 Å². The van der Waals surface area contributed by atoms with Crippen molar-refractivity contribution < 1.29 is 4.79 Å². The van der Waals surface area contributed by atoms with Crippen LogP contribution in [-0.2, 0) is 17.8 Å². The van der Waals surface area contributed by atoms with Gasteiger partial charge in [-0.05, 0) is 62.1 Å². The molecule has 1 saturated heterocycles. The molecule has 0 aliphatic carbocycles. The number of aromatic nitrogens is 2. The van der Waals surface area contributed by atoms with Gasteiger partial charge in [0.1, 0.15) is 5.78 Å². The second kappa shape index (κ2) is 6.39. The van der Waals surface area contributed by atoms with Crippen LogP contribution in [0.15, 0.2) is 4.47 Å². The summed E-state index contributed by atoms with van der Waals surface area (Å²) in [4.78, 5) is 12.9. The Labute approximate surface area is 129 Å². The lowest BCUT2D eigenvalue weighted by Gasteiger charge is -2.35. The van der Waals surface area contributed by atoms with Crippen molar-refractivity contribution in [3.8, 4) is 0 Å². The molecule has 5 heteroatoms. The number of rotatable bonds is 5. The Bertz CT molecular complexity index is 490. The zero-order valence-electron chi connectivity index (χ0n) is 12.6. The van der Waals surface area contributed by atoms with Crippen LogP contribution in [0.1, 0.15) is 44.5 Å². The van der Waals surface area contributed by atoms with Gasteiger partial charge in [0.15, 0.2) is 0 Å². The molecule has 20 heavy (non-hydrogen) atoms. The first-order valence-electron chi connectivity index (χ1n) is 7.50. The van der Waals surface area contributed by atoms with Gasteiger partial charge in [-0.1, -0.05) is 6.92 Å². The summed E-state index contributed by atoms with van der Waals surface area (Å²) in [6, 6.07) is 0. The molecule has 0 unspecified atom stereocenters. The third kappa shape index (κ3) is 2.84. The van der Waals surface area contributed by atoms with Crippen molar-refractivity contribution in [2.45, 2.75) is 53.0 Å². The van der Waals surface area contributed by atoms with Gasteiger partial charge < -0.3 is 5.32 Å². The minimum Gasteiger partial charge on any atom is -0.317 e. The molecule has 2 rings (SSSR count). The van der Waals surface area contributed by atoms with Crippen molar-refractivity contribution in [3.05, 3.63) is 15.9 Å². The molecule has 2 heterocycles. The topological polar surface area (TPSA) is 46.9 Å². The first-order valence-corrected chi connectivity index (χ1v) is 8.29. The molecule has 112 valence electrons. The number of Topliss-reactive ketones (excluding diaryl/α,β-unsaturated/α-hetero) is 1. The summed E-state index contributed by atoms with van der Waals surface area (Å²) in [6.07, 6.45) is 3.34. The molecular formula is C15H24BrN3O. The number of nitrogens with one attached hydrogen (secondary N) is 1. The number of nitrogens with zero attached hydrogens (tertiary/aromatic N) is 2. The van der Waals surface area contributed by atoms with Crippen molar-refractivity contribution in [2.75, 3.05) is 13.1 Å². The molecule has 1 aromatic heterocycles. The summed E-state index contributed by atoms with van der Waals surface area (Å²) in [5, 5.41) is 7.83. The van der Waals surface area contributed by atoms with E-state index < -0.39 is 0 Å². The zero-order valence-corrected chi connectivity index (χ0v) is 14.2. The predicted molar refractivity (Wildman–Crippen MR) is 83.9 cm³/mol. The maximum absolute atomic E-state index is 12.9. The molecule has 1 aliphatic heterocycles. The van der Waals surface area contributed by atoms with Gasteiger partial charge in [-0.3, -0.25) is 9.48 Å². The van der Waals surface area contributed by atoms with Crippen molar-refractivity contribution >= 4 is 21.7 Å². The van der Waals surface area contributed by atoms with E-state index in [1.165, 1.54) is 0 Å². The fourth-order valence-corrected chi connectivity index (χ4v) is 3.54. The van der Waals surface area contributed by atoms with Gasteiger partial charge in [-0.25, -0.2) is 0 Å². The van der Waals surface area contributed by atoms with E-state index in [9.17, 15) is 4.79 Å². The summed E-state index contributed by atoms with van der Waals surface area (Å²) in [6.45, 7) is 8.88. The minimum absolute atomic E-state index is 0.137. The SMILES string of the molecule is CCn1nc(C)c(Br)c1CC(=O)C1(CC)CCNCC1. The molecule has 0 atom stereocenters. The quantitative estimate of drug-likeness (QED) is 0.895. The molecular weight excluding hydrogens is 318 g/mol. The number of ketones is 1. The van der Waals surface area contributed by atoms with E-state index in [1.54, 1.807) is 0 Å². The van der Waals surface area contributed by atoms with Crippen LogP contribution in [0.25, 0.3) is 0 Å². The maximum atomic E-state index is 12.9. The van der Waals surface area contributed by atoms with Gasteiger partial charge in [0.05, 0.1) is 22.3 Å². The van der Waals surface area contributed by atoms with E-state index in [0.29, 0.717) is 12.2 Å². The highest BCUT2D eigenvalue weighted by Crippen LogP contribution is 2.35. The Morgan fingerprint density at radius 3 is 2.60 bits per heavy atom. The van der Waals surface area contributed by atoms with Gasteiger partial charge in [0.2, 0.25) is 0 Å². The van der Waals surface area contributed by atoms with Crippen molar-refractivity contribution in [1.29, 1.82) is 0 Å². The molecule has 0 radical (unpaired) electrons. The maximum Gasteiger partial charge on any atom is 0.145 e. The van der Waals surface area contributed by atoms with E-state index >= 15 is 0 Å². The first kappa shape index (κ1) is 15.7. The minimum atomic E-state index is -0.137. The Balaban J connectivity index is 2.22. The second-order valence-electron chi connectivity index (χ2n) is 5.65. The number of piperidine rings is 1. The highest BCUT2D eigenvalue weighted by molar-refractivity contribution is 9.10. The van der Waals surface area contributed by atoms with E-state index in [4.69, 9.17) is 0 Å². The predicted octanol–water partition coefficient (Wildman–Crippen LogP) is 2.87. The monoisotopic (exact) mass is 341 g/mol. The van der Waals surface area contributed by atoms with E-state index in [0.717, 1.165) is 54.8 Å². The number of hydrogen-bond acceptors (Lipinski definition) is 3. The van der Waals surface area contributed by atoms with Crippen molar-refractivity contribution in [1.82, 2.24) is 15.1 Å². The number of hydrogen-bond donors (Lipinski definition) is 1. The average molecular weight is 342 g/mol. The fraction of sp³-hybridized carbons (Fsp3) is 0.733. The van der Waals surface area contributed by atoms with E-state index in [2.05, 4.69) is 40.2 Å². The van der Waals surface area contributed by atoms with Gasteiger partial charge in [-0.15, -0.1) is 0 Å². The van der Waals surface area contributed by atoms with Crippen LogP contribution < -0.4 is 5.32 Å². The number of aryl methyl sites for hydroxylation is 2. The molecule has 4 nitrogen and oxygen atoms in total. The van der Waals surface area contributed by atoms with Gasteiger partial charge in [0.25, 0.3) is 0 Å². The summed E-state index contributed by atoms with van der Waals surface area (Å²) in [7, 11) is 0. The summed E-state index contributed by atoms with van der Waals surface area (Å²) >= 11 is 3.59. The van der Waals surface area contributed by atoms with Crippen LogP contribution in [0.2, 0.25) is 0 Å². The second-order valence-corrected chi connectivity index (χ2v) is 6.44. The van der Waals surface area contributed by atoms with Crippen LogP contribution in [0.4, 0.5) is 0 Å². The van der Waals surface area contributed by atoms with Crippen molar-refractivity contribution in [3.63, 3.8) is 0 Å². The smallest absolute Gasteiger partial charge is 0.145 e. The highest BCUT2D eigenvalue weighted by Gasteiger charge is 2.37. The molecule has 0 amide bonds. The molecule has 1 N–H and O–H groups in total. The number of carbonyl (C=O) groups excluding carboxylic acids is 1. The van der Waals surface area contributed by atoms with Crippen LogP contribution >= 0.6 is 15.9 Å². The average Bonchev–Trinajstić information content (AvgIpc) is 2.75. The summed E-state index contributed by atoms with van der Waals surface area (Å²) in [5.41, 5.74) is 1.86. The molecule has 1 aliphatic rings. The Hall–Kier alpha value is -0.680. The molecule has 1 aromatic rings. The van der Waals surface area contributed by atoms with Crippen LogP contribution in [-0.4, -0.2) is 28.7 Å².